The summed E-state index contributed by atoms with van der Waals surface area (Å²) in [5.41, 5.74) is 1.49. The molecule has 1 saturated carbocycles. The molecule has 0 spiro atoms. The molecule has 1 aliphatic carbocycles. The summed E-state index contributed by atoms with van der Waals surface area (Å²) in [5, 5.41) is 6.33. The average Bonchev–Trinajstić information content (AvgIpc) is 3.31. The number of carbonyl (C=O) groups is 2. The number of para-hydroxylation sites is 1. The van der Waals surface area contributed by atoms with Gasteiger partial charge >= 0.3 is 0 Å². The molecule has 0 aromatic heterocycles. The summed E-state index contributed by atoms with van der Waals surface area (Å²) in [7, 11) is 0. The van der Waals surface area contributed by atoms with E-state index in [0.29, 0.717) is 21.8 Å². The Labute approximate surface area is 152 Å². The first-order valence-electron chi connectivity index (χ1n) is 7.21. The summed E-state index contributed by atoms with van der Waals surface area (Å²) >= 11 is 7.98. The van der Waals surface area contributed by atoms with Gasteiger partial charge in [0.05, 0.1) is 16.8 Å². The molecular formula is C17H14ClIN2O2. The molecule has 0 aliphatic heterocycles. The molecule has 0 unspecified atom stereocenters. The zero-order valence-corrected chi connectivity index (χ0v) is 15.0. The predicted molar refractivity (Wildman–Crippen MR) is 99.1 cm³/mol. The van der Waals surface area contributed by atoms with Gasteiger partial charge in [-0.25, -0.2) is 0 Å². The lowest BCUT2D eigenvalue weighted by atomic mass is 10.1. The highest BCUT2D eigenvalue weighted by atomic mass is 127. The monoisotopic (exact) mass is 440 g/mol. The van der Waals surface area contributed by atoms with E-state index in [1.807, 2.05) is 0 Å². The molecule has 2 aromatic rings. The molecule has 2 amide bonds. The Kier molecular flexibility index (Phi) is 4.87. The molecule has 1 fully saturated rings. The van der Waals surface area contributed by atoms with E-state index in [4.69, 9.17) is 11.6 Å². The topological polar surface area (TPSA) is 58.2 Å². The van der Waals surface area contributed by atoms with Gasteiger partial charge in [-0.05, 0) is 65.8 Å². The van der Waals surface area contributed by atoms with Crippen molar-refractivity contribution in [2.45, 2.75) is 18.9 Å². The average molecular weight is 441 g/mol. The molecular weight excluding hydrogens is 427 g/mol. The highest BCUT2D eigenvalue weighted by Crippen LogP contribution is 2.23. The highest BCUT2D eigenvalue weighted by molar-refractivity contribution is 14.1. The maximum absolute atomic E-state index is 12.5. The molecule has 23 heavy (non-hydrogen) atoms. The quantitative estimate of drug-likeness (QED) is 0.704. The smallest absolute Gasteiger partial charge is 0.256 e. The van der Waals surface area contributed by atoms with Crippen LogP contribution >= 0.6 is 34.2 Å². The predicted octanol–water partition coefficient (Wildman–Crippen LogP) is 4.09. The Bertz CT molecular complexity index is 775. The van der Waals surface area contributed by atoms with Crippen LogP contribution < -0.4 is 10.6 Å². The molecule has 3 rings (SSSR count). The molecule has 2 N–H and O–H groups in total. The van der Waals surface area contributed by atoms with Crippen LogP contribution in [0.25, 0.3) is 0 Å². The molecule has 4 nitrogen and oxygen atoms in total. The van der Waals surface area contributed by atoms with Crippen molar-refractivity contribution in [3.63, 3.8) is 0 Å². The van der Waals surface area contributed by atoms with Crippen molar-refractivity contribution in [1.82, 2.24) is 5.32 Å². The molecule has 0 atom stereocenters. The van der Waals surface area contributed by atoms with Gasteiger partial charge in [0.15, 0.2) is 0 Å². The largest absolute Gasteiger partial charge is 0.349 e. The maximum Gasteiger partial charge on any atom is 0.256 e. The maximum atomic E-state index is 12.5. The van der Waals surface area contributed by atoms with Crippen molar-refractivity contribution in [2.24, 2.45) is 0 Å². The number of halogens is 2. The Hall–Kier alpha value is -1.60. The number of benzene rings is 2. The van der Waals surface area contributed by atoms with Gasteiger partial charge in [-0.15, -0.1) is 0 Å². The number of nitrogens with one attached hydrogen (secondary N) is 2. The molecule has 1 aliphatic rings. The first-order valence-corrected chi connectivity index (χ1v) is 8.66. The summed E-state index contributed by atoms with van der Waals surface area (Å²) in [6, 6.07) is 12.3. The van der Waals surface area contributed by atoms with Crippen LogP contribution in [0.3, 0.4) is 0 Å². The van der Waals surface area contributed by atoms with Crippen LogP contribution in [-0.4, -0.2) is 17.9 Å². The SMILES string of the molecule is O=C(Nc1ccccc1C(=O)NC1CC1)c1ccc(Cl)cc1I. The van der Waals surface area contributed by atoms with Crippen LogP contribution in [0.4, 0.5) is 5.69 Å². The minimum atomic E-state index is -0.266. The van der Waals surface area contributed by atoms with Crippen LogP contribution in [0.2, 0.25) is 5.02 Å². The van der Waals surface area contributed by atoms with Gasteiger partial charge in [0.1, 0.15) is 0 Å². The molecule has 0 heterocycles. The highest BCUT2D eigenvalue weighted by Gasteiger charge is 2.25. The van der Waals surface area contributed by atoms with E-state index in [0.717, 1.165) is 16.4 Å². The molecule has 0 saturated heterocycles. The van der Waals surface area contributed by atoms with Gasteiger partial charge in [-0.3, -0.25) is 9.59 Å². The summed E-state index contributed by atoms with van der Waals surface area (Å²) < 4.78 is 0.757. The second-order valence-corrected chi connectivity index (χ2v) is 6.97. The van der Waals surface area contributed by atoms with E-state index in [1.165, 1.54) is 0 Å². The van der Waals surface area contributed by atoms with E-state index in [-0.39, 0.29) is 17.9 Å². The third-order valence-electron chi connectivity index (χ3n) is 3.51. The Balaban J connectivity index is 1.81. The fraction of sp³-hybridized carbons (Fsp3) is 0.176. The fourth-order valence-electron chi connectivity index (χ4n) is 2.14. The Morgan fingerprint density at radius 2 is 1.78 bits per heavy atom. The van der Waals surface area contributed by atoms with Gasteiger partial charge in [0.2, 0.25) is 0 Å². The van der Waals surface area contributed by atoms with Gasteiger partial charge in [-0.2, -0.15) is 0 Å². The summed E-state index contributed by atoms with van der Waals surface area (Å²) in [6.45, 7) is 0. The second kappa shape index (κ2) is 6.88. The molecule has 0 bridgehead atoms. The molecule has 118 valence electrons. The van der Waals surface area contributed by atoms with E-state index < -0.39 is 0 Å². The van der Waals surface area contributed by atoms with Gasteiger partial charge in [0, 0.05) is 14.6 Å². The number of carbonyl (C=O) groups excluding carboxylic acids is 2. The van der Waals surface area contributed by atoms with Crippen LogP contribution in [-0.2, 0) is 0 Å². The van der Waals surface area contributed by atoms with Crippen LogP contribution in [0.15, 0.2) is 42.5 Å². The van der Waals surface area contributed by atoms with Crippen molar-refractivity contribution < 1.29 is 9.59 Å². The Morgan fingerprint density at radius 1 is 1.04 bits per heavy atom. The minimum Gasteiger partial charge on any atom is -0.349 e. The summed E-state index contributed by atoms with van der Waals surface area (Å²) in [6.07, 6.45) is 2.03. The number of hydrogen-bond donors (Lipinski definition) is 2. The van der Waals surface area contributed by atoms with E-state index in [1.54, 1.807) is 42.5 Å². The van der Waals surface area contributed by atoms with Gasteiger partial charge in [0.25, 0.3) is 11.8 Å². The fourth-order valence-corrected chi connectivity index (χ4v) is 3.26. The second-order valence-electron chi connectivity index (χ2n) is 5.37. The van der Waals surface area contributed by atoms with E-state index in [2.05, 4.69) is 33.2 Å². The molecule has 2 aromatic carbocycles. The number of hydrogen-bond acceptors (Lipinski definition) is 2. The number of amides is 2. The van der Waals surface area contributed by atoms with Crippen molar-refractivity contribution >= 4 is 51.7 Å². The van der Waals surface area contributed by atoms with Crippen molar-refractivity contribution in [1.29, 1.82) is 0 Å². The van der Waals surface area contributed by atoms with Crippen LogP contribution in [0.5, 0.6) is 0 Å². The van der Waals surface area contributed by atoms with Crippen molar-refractivity contribution in [3.05, 3.63) is 62.2 Å². The van der Waals surface area contributed by atoms with E-state index in [9.17, 15) is 9.59 Å². The van der Waals surface area contributed by atoms with Crippen molar-refractivity contribution in [2.75, 3.05) is 5.32 Å². The Morgan fingerprint density at radius 3 is 2.48 bits per heavy atom. The number of anilines is 1. The normalized spacial score (nSPS) is 13.5. The third-order valence-corrected chi connectivity index (χ3v) is 4.64. The molecule has 0 radical (unpaired) electrons. The first-order chi connectivity index (χ1) is 11.0. The van der Waals surface area contributed by atoms with Crippen LogP contribution in [0.1, 0.15) is 33.6 Å². The lowest BCUT2D eigenvalue weighted by Crippen LogP contribution is -2.27. The van der Waals surface area contributed by atoms with Gasteiger partial charge in [-0.1, -0.05) is 23.7 Å². The van der Waals surface area contributed by atoms with Crippen LogP contribution in [0, 0.1) is 3.57 Å². The zero-order chi connectivity index (χ0) is 16.4. The van der Waals surface area contributed by atoms with Crippen molar-refractivity contribution in [3.8, 4) is 0 Å². The summed E-state index contributed by atoms with van der Waals surface area (Å²) in [5.74, 6) is -0.424. The minimum absolute atomic E-state index is 0.158. The number of rotatable bonds is 4. The summed E-state index contributed by atoms with van der Waals surface area (Å²) in [4.78, 5) is 24.7. The molecule has 6 heteroatoms. The lowest BCUT2D eigenvalue weighted by Gasteiger charge is -2.12. The van der Waals surface area contributed by atoms with E-state index >= 15 is 0 Å². The van der Waals surface area contributed by atoms with Gasteiger partial charge < -0.3 is 10.6 Å². The lowest BCUT2D eigenvalue weighted by molar-refractivity contribution is 0.0952. The standard InChI is InChI=1S/C17H14ClIN2O2/c18-10-5-8-12(14(19)9-10)16(22)21-15-4-2-1-3-13(15)17(23)20-11-6-7-11/h1-5,8-9,11H,6-7H2,(H,20,23)(H,21,22). The zero-order valence-electron chi connectivity index (χ0n) is 12.1. The first kappa shape index (κ1) is 16.3. The third kappa shape index (κ3) is 4.03.